The van der Waals surface area contributed by atoms with E-state index in [0.29, 0.717) is 0 Å². The molecule has 48 heavy (non-hydrogen) atoms. The van der Waals surface area contributed by atoms with Gasteiger partial charge in [0, 0.05) is 38.7 Å². The number of hydrogen-bond acceptors (Lipinski definition) is 0. The van der Waals surface area contributed by atoms with E-state index in [1.807, 2.05) is 0 Å². The number of hydrogen-bond donors (Lipinski definition) is 0. The highest BCUT2D eigenvalue weighted by molar-refractivity contribution is 6.04. The number of rotatable bonds is 5. The second-order valence-electron chi connectivity index (χ2n) is 13.0. The summed E-state index contributed by atoms with van der Waals surface area (Å²) >= 11 is 0. The van der Waals surface area contributed by atoms with Crippen molar-refractivity contribution >= 4 is 66.6 Å². The molecule has 2 nitrogen and oxygen atoms in total. The highest BCUT2D eigenvalue weighted by Crippen LogP contribution is 2.42. The molecule has 0 atom stereocenters. The van der Waals surface area contributed by atoms with Crippen molar-refractivity contribution in [3.63, 3.8) is 0 Å². The smallest absolute Gasteiger partial charge is 0.0564 e. The summed E-state index contributed by atoms with van der Waals surface area (Å²) in [6.07, 6.45) is 8.82. The second kappa shape index (κ2) is 11.1. The molecule has 0 unspecified atom stereocenters. The summed E-state index contributed by atoms with van der Waals surface area (Å²) in [5.41, 5.74) is 13.7. The molecule has 2 heteroatoms. The zero-order valence-electron chi connectivity index (χ0n) is 27.4. The topological polar surface area (TPSA) is 9.86 Å². The van der Waals surface area contributed by atoms with E-state index in [-0.39, 0.29) is 0 Å². The first-order chi connectivity index (χ1) is 23.6. The van der Waals surface area contributed by atoms with Crippen LogP contribution in [-0.4, -0.2) is 9.13 Å². The van der Waals surface area contributed by atoms with Crippen molar-refractivity contribution in [3.8, 4) is 11.4 Å². The standard InChI is InChI=1S/C46H36N2/c1-4-12-39-41-29-35(23-26-45(41)48(46(39)30(2)3)42-20-11-16-32-14-7-8-17-37(32)42)34-22-25-44-40(28-34)38-18-9-10-19-43(38)47(44)36-24-21-31-13-5-6-15-33(31)27-36/h4-21,23-24,26-29H,2,22,25H2,1,3H3/b12-4-. The van der Waals surface area contributed by atoms with Crippen LogP contribution < -0.4 is 0 Å². The molecule has 2 heterocycles. The average molecular weight is 617 g/mol. The third kappa shape index (κ3) is 4.33. The highest BCUT2D eigenvalue weighted by Gasteiger charge is 2.24. The zero-order chi connectivity index (χ0) is 32.4. The van der Waals surface area contributed by atoms with E-state index in [9.17, 15) is 0 Å². The van der Waals surface area contributed by atoms with Gasteiger partial charge in [-0.15, -0.1) is 0 Å². The summed E-state index contributed by atoms with van der Waals surface area (Å²) in [6.45, 7) is 8.70. The van der Waals surface area contributed by atoms with E-state index in [1.165, 1.54) is 82.7 Å². The van der Waals surface area contributed by atoms with Gasteiger partial charge in [0.05, 0.1) is 22.4 Å². The summed E-state index contributed by atoms with van der Waals surface area (Å²) in [4.78, 5) is 0. The normalized spacial score (nSPS) is 13.2. The van der Waals surface area contributed by atoms with Gasteiger partial charge in [-0.2, -0.15) is 0 Å². The van der Waals surface area contributed by atoms with Gasteiger partial charge in [-0.25, -0.2) is 0 Å². The summed E-state index contributed by atoms with van der Waals surface area (Å²) < 4.78 is 4.91. The van der Waals surface area contributed by atoms with E-state index in [4.69, 9.17) is 0 Å². The molecule has 0 aliphatic heterocycles. The summed E-state index contributed by atoms with van der Waals surface area (Å²) in [5, 5.41) is 7.57. The maximum absolute atomic E-state index is 4.47. The minimum Gasteiger partial charge on any atom is -0.313 e. The minimum atomic E-state index is 0.983. The molecule has 2 aromatic heterocycles. The fourth-order valence-corrected chi connectivity index (χ4v) is 7.99. The molecule has 0 saturated heterocycles. The third-order valence-corrected chi connectivity index (χ3v) is 10.1. The molecular formula is C46H36N2. The van der Waals surface area contributed by atoms with Gasteiger partial charge in [0.2, 0.25) is 0 Å². The number of nitrogens with zero attached hydrogens (tertiary/aromatic N) is 2. The number of aromatic nitrogens is 2. The maximum atomic E-state index is 4.47. The lowest BCUT2D eigenvalue weighted by Gasteiger charge is -2.18. The molecule has 0 N–H and O–H groups in total. The van der Waals surface area contributed by atoms with Crippen molar-refractivity contribution in [1.29, 1.82) is 0 Å². The lowest BCUT2D eigenvalue weighted by Crippen LogP contribution is -2.05. The first-order valence-corrected chi connectivity index (χ1v) is 16.9. The Morgan fingerprint density at radius 1 is 0.646 bits per heavy atom. The summed E-state index contributed by atoms with van der Waals surface area (Å²) in [5.74, 6) is 0. The zero-order valence-corrected chi connectivity index (χ0v) is 27.4. The third-order valence-electron chi connectivity index (χ3n) is 10.1. The lowest BCUT2D eigenvalue weighted by atomic mass is 9.90. The molecule has 0 radical (unpaired) electrons. The Morgan fingerprint density at radius 2 is 1.38 bits per heavy atom. The van der Waals surface area contributed by atoms with Crippen molar-refractivity contribution in [3.05, 3.63) is 168 Å². The van der Waals surface area contributed by atoms with Crippen LogP contribution in [0, 0.1) is 0 Å². The molecule has 1 aliphatic rings. The Labute approximate surface area is 281 Å². The largest absolute Gasteiger partial charge is 0.313 e. The Morgan fingerprint density at radius 3 is 2.21 bits per heavy atom. The van der Waals surface area contributed by atoms with Gasteiger partial charge in [0.15, 0.2) is 0 Å². The van der Waals surface area contributed by atoms with Crippen LogP contribution in [0.4, 0.5) is 0 Å². The quantitative estimate of drug-likeness (QED) is 0.182. The van der Waals surface area contributed by atoms with Crippen molar-refractivity contribution in [2.75, 3.05) is 0 Å². The monoisotopic (exact) mass is 616 g/mol. The number of fused-ring (bicyclic) bond motifs is 6. The van der Waals surface area contributed by atoms with Gasteiger partial charge in [-0.3, -0.25) is 0 Å². The van der Waals surface area contributed by atoms with Crippen LogP contribution in [0.5, 0.6) is 0 Å². The van der Waals surface area contributed by atoms with Crippen LogP contribution in [0.2, 0.25) is 0 Å². The van der Waals surface area contributed by atoms with Crippen molar-refractivity contribution in [2.45, 2.75) is 26.7 Å². The molecule has 0 spiro atoms. The highest BCUT2D eigenvalue weighted by atomic mass is 15.0. The molecule has 0 bridgehead atoms. The fourth-order valence-electron chi connectivity index (χ4n) is 7.99. The first kappa shape index (κ1) is 28.4. The van der Waals surface area contributed by atoms with Crippen molar-refractivity contribution in [2.24, 2.45) is 0 Å². The first-order valence-electron chi connectivity index (χ1n) is 16.9. The van der Waals surface area contributed by atoms with Gasteiger partial charge >= 0.3 is 0 Å². The fraction of sp³-hybridized carbons (Fsp3) is 0.0870. The molecule has 1 aliphatic carbocycles. The van der Waals surface area contributed by atoms with Crippen LogP contribution in [0.25, 0.3) is 78.0 Å². The molecule has 6 aromatic carbocycles. The Bertz CT molecular complexity index is 2650. The summed E-state index contributed by atoms with van der Waals surface area (Å²) in [6, 6.07) is 46.6. The Hall–Kier alpha value is -5.86. The Balaban J connectivity index is 1.24. The van der Waals surface area contributed by atoms with Crippen LogP contribution in [-0.2, 0) is 6.42 Å². The van der Waals surface area contributed by atoms with Crippen LogP contribution in [0.3, 0.4) is 0 Å². The van der Waals surface area contributed by atoms with E-state index in [1.54, 1.807) is 0 Å². The lowest BCUT2D eigenvalue weighted by molar-refractivity contribution is 0.899. The maximum Gasteiger partial charge on any atom is 0.0564 e. The molecular weight excluding hydrogens is 581 g/mol. The SMILES string of the molecule is C=C(C)c1c(/C=C\C)c2cc(C3=Cc4c(n(-c5ccc6ccccc6c5)c5ccccc45)CC3)ccc2n1-c1cccc2ccccc12. The number of para-hydroxylation sites is 1. The van der Waals surface area contributed by atoms with Gasteiger partial charge in [0.1, 0.15) is 0 Å². The molecule has 230 valence electrons. The van der Waals surface area contributed by atoms with Crippen molar-refractivity contribution in [1.82, 2.24) is 9.13 Å². The summed E-state index contributed by atoms with van der Waals surface area (Å²) in [7, 11) is 0. The van der Waals surface area contributed by atoms with E-state index in [0.717, 1.165) is 24.1 Å². The Kier molecular flexibility index (Phi) is 6.58. The number of benzene rings is 6. The predicted molar refractivity (Wildman–Crippen MR) is 207 cm³/mol. The van der Waals surface area contributed by atoms with Crippen LogP contribution in [0.15, 0.2) is 140 Å². The molecule has 0 saturated carbocycles. The van der Waals surface area contributed by atoms with Gasteiger partial charge < -0.3 is 9.13 Å². The second-order valence-corrected chi connectivity index (χ2v) is 13.0. The molecule has 0 amide bonds. The predicted octanol–water partition coefficient (Wildman–Crippen LogP) is 12.4. The van der Waals surface area contributed by atoms with Gasteiger partial charge in [-0.05, 0) is 102 Å². The van der Waals surface area contributed by atoms with Crippen LogP contribution >= 0.6 is 0 Å². The molecule has 0 fully saturated rings. The van der Waals surface area contributed by atoms with Gasteiger partial charge in [0.25, 0.3) is 0 Å². The minimum absolute atomic E-state index is 0.983. The average Bonchev–Trinajstić information content (AvgIpc) is 3.63. The van der Waals surface area contributed by atoms with Crippen molar-refractivity contribution < 1.29 is 0 Å². The van der Waals surface area contributed by atoms with E-state index < -0.39 is 0 Å². The van der Waals surface area contributed by atoms with Crippen LogP contribution in [0.1, 0.15) is 48.3 Å². The molecule has 9 rings (SSSR count). The number of allylic oxidation sites excluding steroid dienone is 3. The van der Waals surface area contributed by atoms with Gasteiger partial charge in [-0.1, -0.05) is 110 Å². The van der Waals surface area contributed by atoms with E-state index in [2.05, 4.69) is 175 Å². The van der Waals surface area contributed by atoms with E-state index >= 15 is 0 Å². The molecule has 8 aromatic rings.